The third kappa shape index (κ3) is 3.32. The molecule has 112 valence electrons. The van der Waals surface area contributed by atoms with Gasteiger partial charge in [0.2, 0.25) is 5.91 Å². The van der Waals surface area contributed by atoms with Crippen molar-refractivity contribution in [2.75, 3.05) is 19.4 Å². The second-order valence-electron chi connectivity index (χ2n) is 4.66. The van der Waals surface area contributed by atoms with Gasteiger partial charge in [-0.15, -0.1) is 0 Å². The van der Waals surface area contributed by atoms with E-state index in [4.69, 9.17) is 4.18 Å². The monoisotopic (exact) mass is 308 g/mol. The Balaban J connectivity index is 2.55. The number of nitrogens with zero attached hydrogens (tertiary/aromatic N) is 1. The van der Waals surface area contributed by atoms with Crippen LogP contribution in [0.4, 0.5) is 5.69 Å². The van der Waals surface area contributed by atoms with E-state index in [9.17, 15) is 13.2 Å². The van der Waals surface area contributed by atoms with E-state index in [1.54, 1.807) is 30.3 Å². The predicted octanol–water partition coefficient (Wildman–Crippen LogP) is 1.98. The molecular formula is C14H16N2O4S. The number of hydrogen-bond acceptors (Lipinski definition) is 4. The lowest BCUT2D eigenvalue weighted by atomic mass is 10.1. The molecule has 2 aromatic rings. The zero-order valence-electron chi connectivity index (χ0n) is 12.0. The van der Waals surface area contributed by atoms with Gasteiger partial charge in [-0.2, -0.15) is 12.7 Å². The van der Waals surface area contributed by atoms with Gasteiger partial charge < -0.3 is 9.50 Å². The Morgan fingerprint density at radius 2 is 1.71 bits per heavy atom. The van der Waals surface area contributed by atoms with E-state index < -0.39 is 10.3 Å². The molecule has 0 aromatic heterocycles. The van der Waals surface area contributed by atoms with Crippen molar-refractivity contribution in [2.24, 2.45) is 0 Å². The largest absolute Gasteiger partial charge is 0.384 e. The number of amides is 1. The van der Waals surface area contributed by atoms with Gasteiger partial charge >= 0.3 is 10.3 Å². The highest BCUT2D eigenvalue weighted by Crippen LogP contribution is 2.32. The number of benzene rings is 2. The first-order chi connectivity index (χ1) is 9.81. The average molecular weight is 308 g/mol. The number of anilines is 1. The molecule has 21 heavy (non-hydrogen) atoms. The van der Waals surface area contributed by atoms with E-state index >= 15 is 0 Å². The van der Waals surface area contributed by atoms with Crippen LogP contribution in [-0.4, -0.2) is 32.7 Å². The van der Waals surface area contributed by atoms with Gasteiger partial charge in [-0.3, -0.25) is 4.79 Å². The molecule has 0 unspecified atom stereocenters. The molecule has 0 aliphatic carbocycles. The molecular weight excluding hydrogens is 292 g/mol. The van der Waals surface area contributed by atoms with Crippen molar-refractivity contribution in [1.82, 2.24) is 4.31 Å². The summed E-state index contributed by atoms with van der Waals surface area (Å²) in [7, 11) is -1.05. The minimum absolute atomic E-state index is 0.199. The van der Waals surface area contributed by atoms with Gasteiger partial charge in [-0.25, -0.2) is 0 Å². The molecule has 2 rings (SSSR count). The van der Waals surface area contributed by atoms with E-state index in [1.807, 2.05) is 0 Å². The lowest BCUT2D eigenvalue weighted by Crippen LogP contribution is -2.27. The quantitative estimate of drug-likeness (QED) is 0.937. The Hall–Kier alpha value is -2.12. The van der Waals surface area contributed by atoms with Crippen molar-refractivity contribution in [3.8, 4) is 5.75 Å². The summed E-state index contributed by atoms with van der Waals surface area (Å²) in [4.78, 5) is 11.2. The summed E-state index contributed by atoms with van der Waals surface area (Å²) in [5.41, 5.74) is 0.604. The molecule has 0 spiro atoms. The second kappa shape index (κ2) is 5.71. The molecule has 0 radical (unpaired) electrons. The highest BCUT2D eigenvalue weighted by Gasteiger charge is 2.18. The molecule has 0 aliphatic heterocycles. The van der Waals surface area contributed by atoms with Crippen LogP contribution in [0.25, 0.3) is 10.8 Å². The maximum atomic E-state index is 11.8. The molecule has 2 aromatic carbocycles. The van der Waals surface area contributed by atoms with Crippen LogP contribution < -0.4 is 9.50 Å². The summed E-state index contributed by atoms with van der Waals surface area (Å²) in [6, 6.07) is 10.2. The highest BCUT2D eigenvalue weighted by atomic mass is 32.2. The van der Waals surface area contributed by atoms with Gasteiger partial charge in [0.15, 0.2) is 5.75 Å². The van der Waals surface area contributed by atoms with Crippen LogP contribution in [0.2, 0.25) is 0 Å². The van der Waals surface area contributed by atoms with Crippen molar-refractivity contribution in [2.45, 2.75) is 6.92 Å². The van der Waals surface area contributed by atoms with Gasteiger partial charge in [0, 0.05) is 37.5 Å². The minimum Gasteiger partial charge on any atom is -0.370 e. The molecule has 0 fully saturated rings. The lowest BCUT2D eigenvalue weighted by molar-refractivity contribution is -0.114. The number of carbonyl (C=O) groups excluding carboxylic acids is 1. The summed E-state index contributed by atoms with van der Waals surface area (Å²) in [6.07, 6.45) is 0. The Labute approximate surface area is 123 Å². The third-order valence-electron chi connectivity index (χ3n) is 2.84. The minimum atomic E-state index is -3.83. The van der Waals surface area contributed by atoms with Gasteiger partial charge in [-0.05, 0) is 12.1 Å². The molecule has 0 aliphatic rings. The van der Waals surface area contributed by atoms with Crippen molar-refractivity contribution in [3.63, 3.8) is 0 Å². The first-order valence-electron chi connectivity index (χ1n) is 6.22. The summed E-state index contributed by atoms with van der Waals surface area (Å²) >= 11 is 0. The number of nitrogens with one attached hydrogen (secondary N) is 1. The van der Waals surface area contributed by atoms with E-state index in [0.29, 0.717) is 16.5 Å². The fourth-order valence-corrected chi connectivity index (χ4v) is 2.35. The van der Waals surface area contributed by atoms with E-state index in [0.717, 1.165) is 4.31 Å². The maximum absolute atomic E-state index is 11.8. The lowest BCUT2D eigenvalue weighted by Gasteiger charge is -2.15. The molecule has 0 saturated heterocycles. The standard InChI is InChI=1S/C14H16N2O4S/c1-10(17)15-13-8-9-14(20-21(18,19)16(2)3)12-7-5-4-6-11(12)13/h4-9H,1-3H3,(H,15,17). The van der Waals surface area contributed by atoms with Crippen molar-refractivity contribution in [3.05, 3.63) is 36.4 Å². The Bertz CT molecular complexity index is 785. The topological polar surface area (TPSA) is 75.7 Å². The Morgan fingerprint density at radius 3 is 2.29 bits per heavy atom. The molecule has 0 saturated carbocycles. The summed E-state index contributed by atoms with van der Waals surface area (Å²) in [5, 5.41) is 4.02. The molecule has 1 N–H and O–H groups in total. The SMILES string of the molecule is CC(=O)Nc1ccc(OS(=O)(=O)N(C)C)c2ccccc12. The van der Waals surface area contributed by atoms with Gasteiger partial charge in [0.25, 0.3) is 0 Å². The molecule has 6 nitrogen and oxygen atoms in total. The summed E-state index contributed by atoms with van der Waals surface area (Å²) in [6.45, 7) is 1.41. The van der Waals surface area contributed by atoms with Crippen LogP contribution in [0.5, 0.6) is 5.75 Å². The number of rotatable bonds is 4. The van der Waals surface area contributed by atoms with Crippen molar-refractivity contribution >= 4 is 32.7 Å². The second-order valence-corrected chi connectivity index (χ2v) is 6.41. The fourth-order valence-electron chi connectivity index (χ4n) is 1.83. The predicted molar refractivity (Wildman–Crippen MR) is 81.5 cm³/mol. The molecule has 7 heteroatoms. The zero-order chi connectivity index (χ0) is 15.6. The smallest absolute Gasteiger partial charge is 0.370 e. The van der Waals surface area contributed by atoms with Crippen LogP contribution in [-0.2, 0) is 15.1 Å². The van der Waals surface area contributed by atoms with Crippen molar-refractivity contribution in [1.29, 1.82) is 0 Å². The number of fused-ring (bicyclic) bond motifs is 1. The molecule has 0 heterocycles. The summed E-state index contributed by atoms with van der Waals surface area (Å²) in [5.74, 6) is 0.0168. The Kier molecular flexibility index (Phi) is 4.15. The van der Waals surface area contributed by atoms with Crippen LogP contribution in [0.1, 0.15) is 6.92 Å². The first kappa shape index (κ1) is 15.3. The number of carbonyl (C=O) groups is 1. The van der Waals surface area contributed by atoms with Gasteiger partial charge in [0.1, 0.15) is 0 Å². The van der Waals surface area contributed by atoms with Gasteiger partial charge in [-0.1, -0.05) is 24.3 Å². The van der Waals surface area contributed by atoms with Crippen molar-refractivity contribution < 1.29 is 17.4 Å². The molecule has 0 bridgehead atoms. The fraction of sp³-hybridized carbons (Fsp3) is 0.214. The maximum Gasteiger partial charge on any atom is 0.384 e. The number of hydrogen-bond donors (Lipinski definition) is 1. The van der Waals surface area contributed by atoms with Crippen LogP contribution >= 0.6 is 0 Å². The Morgan fingerprint density at radius 1 is 1.10 bits per heavy atom. The highest BCUT2D eigenvalue weighted by molar-refractivity contribution is 7.84. The first-order valence-corrected chi connectivity index (χ1v) is 7.59. The summed E-state index contributed by atoms with van der Waals surface area (Å²) < 4.78 is 29.8. The average Bonchev–Trinajstić information content (AvgIpc) is 2.41. The molecule has 1 amide bonds. The van der Waals surface area contributed by atoms with E-state index in [1.165, 1.54) is 27.1 Å². The van der Waals surface area contributed by atoms with Gasteiger partial charge in [0.05, 0.1) is 0 Å². The normalized spacial score (nSPS) is 11.6. The third-order valence-corrected chi connectivity index (χ3v) is 4.12. The van der Waals surface area contributed by atoms with Crippen LogP contribution in [0, 0.1) is 0 Å². The van der Waals surface area contributed by atoms with Crippen LogP contribution in [0.15, 0.2) is 36.4 Å². The zero-order valence-corrected chi connectivity index (χ0v) is 12.8. The van der Waals surface area contributed by atoms with Crippen LogP contribution in [0.3, 0.4) is 0 Å². The van der Waals surface area contributed by atoms with E-state index in [2.05, 4.69) is 5.32 Å². The van der Waals surface area contributed by atoms with E-state index in [-0.39, 0.29) is 11.7 Å². The molecule has 0 atom stereocenters.